The van der Waals surface area contributed by atoms with Crippen LogP contribution in [0.25, 0.3) is 11.2 Å². The van der Waals surface area contributed by atoms with Crippen molar-refractivity contribution in [2.24, 2.45) is 5.92 Å². The van der Waals surface area contributed by atoms with Crippen LogP contribution in [0.2, 0.25) is 18.1 Å². The van der Waals surface area contributed by atoms with Gasteiger partial charge >= 0.3 is 0 Å². The number of aromatic nitrogens is 4. The molecule has 67 heavy (non-hydrogen) atoms. The number of hydrogen-bond donors (Lipinski definition) is 1. The third kappa shape index (κ3) is 11.6. The van der Waals surface area contributed by atoms with E-state index in [-0.39, 0.29) is 54.5 Å². The number of anilines is 1. The molecule has 360 valence electrons. The van der Waals surface area contributed by atoms with Crippen molar-refractivity contribution in [3.8, 4) is 17.6 Å². The molecule has 3 aromatic carbocycles. The molecule has 0 radical (unpaired) electrons. The van der Waals surface area contributed by atoms with E-state index in [0.29, 0.717) is 22.7 Å². The number of ether oxygens (including phenoxy) is 4. The number of methoxy groups -OCH3 is 2. The fourth-order valence-electron chi connectivity index (χ4n) is 7.84. The molecule has 17 heteroatoms. The summed E-state index contributed by atoms with van der Waals surface area (Å²) in [6, 6.07) is 28.2. The van der Waals surface area contributed by atoms with Crippen LogP contribution in [0, 0.1) is 17.2 Å². The number of imidazole rings is 1. The van der Waals surface area contributed by atoms with Crippen LogP contribution < -0.4 is 14.8 Å². The Bertz CT molecular complexity index is 2370. The van der Waals surface area contributed by atoms with E-state index >= 15 is 0 Å². The van der Waals surface area contributed by atoms with E-state index in [1.54, 1.807) is 26.7 Å². The minimum atomic E-state index is -2.64. The predicted molar refractivity (Wildman–Crippen MR) is 263 cm³/mol. The van der Waals surface area contributed by atoms with E-state index in [4.69, 9.17) is 42.4 Å². The molecule has 0 spiro atoms. The summed E-state index contributed by atoms with van der Waals surface area (Å²) < 4.78 is 51.7. The van der Waals surface area contributed by atoms with Gasteiger partial charge in [0.1, 0.15) is 40.9 Å². The first-order valence-corrected chi connectivity index (χ1v) is 27.0. The Balaban J connectivity index is 1.57. The topological polar surface area (TPSA) is 164 Å². The number of hydrogen-bond acceptors (Lipinski definition) is 13. The van der Waals surface area contributed by atoms with Crippen LogP contribution in [-0.2, 0) is 33.3 Å². The van der Waals surface area contributed by atoms with E-state index in [9.17, 15) is 10.1 Å². The van der Waals surface area contributed by atoms with E-state index < -0.39 is 47.0 Å². The molecular weight excluding hydrogens is 886 g/mol. The third-order valence-electron chi connectivity index (χ3n) is 12.4. The summed E-state index contributed by atoms with van der Waals surface area (Å²) >= 11 is 0. The zero-order valence-electron chi connectivity index (χ0n) is 41.2. The normalized spacial score (nSPS) is 18.5. The Morgan fingerprint density at radius 3 is 1.99 bits per heavy atom. The molecule has 1 fully saturated rings. The lowest BCUT2D eigenvalue weighted by molar-refractivity contribution is -0.118. The molecule has 5 aromatic rings. The van der Waals surface area contributed by atoms with Gasteiger partial charge < -0.3 is 32.4 Å². The molecule has 6 rings (SSSR count). The van der Waals surface area contributed by atoms with Crippen LogP contribution in [0.1, 0.15) is 91.7 Å². The molecule has 1 aliphatic heterocycles. The summed E-state index contributed by atoms with van der Waals surface area (Å²) in [5.41, 5.74) is 2.35. The van der Waals surface area contributed by atoms with Crippen molar-refractivity contribution in [1.29, 1.82) is 5.26 Å². The number of amides is 1. The van der Waals surface area contributed by atoms with Gasteiger partial charge in [0.2, 0.25) is 11.9 Å². The van der Waals surface area contributed by atoms with Crippen LogP contribution in [0.5, 0.6) is 11.5 Å². The van der Waals surface area contributed by atoms with Gasteiger partial charge in [-0.1, -0.05) is 89.2 Å². The summed E-state index contributed by atoms with van der Waals surface area (Å²) in [5, 5.41) is 12.3. The van der Waals surface area contributed by atoms with Gasteiger partial charge in [-0.2, -0.15) is 10.2 Å². The van der Waals surface area contributed by atoms with Gasteiger partial charge in [0.15, 0.2) is 20.2 Å². The van der Waals surface area contributed by atoms with Crippen molar-refractivity contribution in [1.82, 2.24) is 24.2 Å². The first-order valence-electron chi connectivity index (χ1n) is 22.9. The van der Waals surface area contributed by atoms with Crippen molar-refractivity contribution >= 4 is 39.9 Å². The maximum atomic E-state index is 12.9. The molecule has 0 aliphatic carbocycles. The van der Waals surface area contributed by atoms with Gasteiger partial charge in [-0.15, -0.1) is 0 Å². The highest BCUT2D eigenvalue weighted by Crippen LogP contribution is 2.53. The quantitative estimate of drug-likeness (QED) is 0.0320. The van der Waals surface area contributed by atoms with E-state index in [0.717, 1.165) is 16.7 Å². The lowest BCUT2D eigenvalue weighted by atomic mass is 9.80. The predicted octanol–water partition coefficient (Wildman–Crippen LogP) is 10.4. The fourth-order valence-corrected chi connectivity index (χ4v) is 10.9. The molecule has 2 aromatic heterocycles. The SMILES string of the molecule is COc1ccc(C(OC[C@H]2O[C@@H](n3cnc4cnc(NC(=O)C(C)C)nc43)[C@H](O[Si](C)(C)C(C)(C)C)[C@@H]2OP(OCCC#N)N(C(C)C)C(C)C)(c2ccccc2)c2ccc(OC)cc2)cc1. The van der Waals surface area contributed by atoms with Crippen LogP contribution >= 0.6 is 8.53 Å². The number of carbonyl (C=O) groups excluding carboxylic acids is 1. The van der Waals surface area contributed by atoms with Crippen molar-refractivity contribution in [2.45, 2.75) is 129 Å². The smallest absolute Gasteiger partial charge is 0.259 e. The van der Waals surface area contributed by atoms with Crippen LogP contribution in [0.3, 0.4) is 0 Å². The van der Waals surface area contributed by atoms with E-state index in [1.165, 1.54) is 0 Å². The second kappa shape index (κ2) is 22.1. The number of carbonyl (C=O) groups is 1. The number of nitrogens with one attached hydrogen (secondary N) is 1. The van der Waals surface area contributed by atoms with Crippen LogP contribution in [0.15, 0.2) is 91.4 Å². The maximum absolute atomic E-state index is 12.9. The number of nitrogens with zero attached hydrogens (tertiary/aromatic N) is 6. The molecule has 15 nitrogen and oxygen atoms in total. The first-order chi connectivity index (χ1) is 31.8. The van der Waals surface area contributed by atoms with Crippen LogP contribution in [-0.4, -0.2) is 96.2 Å². The van der Waals surface area contributed by atoms with Crippen molar-refractivity contribution < 1.29 is 37.2 Å². The Labute approximate surface area is 398 Å². The largest absolute Gasteiger partial charge is 0.497 e. The summed E-state index contributed by atoms with van der Waals surface area (Å²) in [6.07, 6.45) is 0.254. The minimum Gasteiger partial charge on any atom is -0.497 e. The molecule has 0 saturated carbocycles. The summed E-state index contributed by atoms with van der Waals surface area (Å²) in [6.45, 7) is 23.2. The Kier molecular flexibility index (Phi) is 17.0. The number of fused-ring (bicyclic) bond motifs is 1. The van der Waals surface area contributed by atoms with Gasteiger partial charge in [0.25, 0.3) is 8.53 Å². The van der Waals surface area contributed by atoms with Crippen molar-refractivity contribution in [3.05, 3.63) is 108 Å². The number of rotatable bonds is 21. The molecule has 1 saturated heterocycles. The monoisotopic (exact) mass is 953 g/mol. The minimum absolute atomic E-state index is 0.00746. The molecule has 1 aliphatic rings. The zero-order chi connectivity index (χ0) is 48.7. The average Bonchev–Trinajstić information content (AvgIpc) is 3.86. The maximum Gasteiger partial charge on any atom is 0.259 e. The van der Waals surface area contributed by atoms with Gasteiger partial charge in [-0.25, -0.2) is 14.6 Å². The van der Waals surface area contributed by atoms with Crippen molar-refractivity contribution in [2.75, 3.05) is 32.8 Å². The average molecular weight is 954 g/mol. The summed E-state index contributed by atoms with van der Waals surface area (Å²) in [4.78, 5) is 26.8. The molecular formula is C50H68N7O8PSi. The van der Waals surface area contributed by atoms with Gasteiger partial charge in [0.05, 0.1) is 52.4 Å². The second-order valence-corrected chi connectivity index (χ2v) is 25.2. The lowest BCUT2D eigenvalue weighted by Gasteiger charge is -2.42. The molecule has 5 atom stereocenters. The molecule has 1 N–H and O–H groups in total. The summed E-state index contributed by atoms with van der Waals surface area (Å²) in [7, 11) is -1.15. The Morgan fingerprint density at radius 1 is 0.881 bits per heavy atom. The fraction of sp³-hybridized carbons (Fsp3) is 0.500. The highest BCUT2D eigenvalue weighted by atomic mass is 31.2. The van der Waals surface area contributed by atoms with Gasteiger partial charge in [-0.3, -0.25) is 14.7 Å². The van der Waals surface area contributed by atoms with Crippen molar-refractivity contribution in [3.63, 3.8) is 0 Å². The first kappa shape index (κ1) is 51.6. The van der Waals surface area contributed by atoms with Crippen LogP contribution in [0.4, 0.5) is 5.95 Å². The second-order valence-electron chi connectivity index (χ2n) is 19.0. The lowest BCUT2D eigenvalue weighted by Crippen LogP contribution is -2.50. The highest BCUT2D eigenvalue weighted by molar-refractivity contribution is 7.44. The number of nitriles is 1. The third-order valence-corrected chi connectivity index (χ3v) is 19.0. The van der Waals surface area contributed by atoms with E-state index in [2.05, 4.69) is 94.7 Å². The van der Waals surface area contributed by atoms with Gasteiger partial charge in [0, 0.05) is 18.0 Å². The summed E-state index contributed by atoms with van der Waals surface area (Å²) in [5.74, 6) is 1.05. The van der Waals surface area contributed by atoms with E-state index in [1.807, 2.05) is 85.1 Å². The molecule has 1 amide bonds. The molecule has 3 heterocycles. The Hall–Kier alpha value is -4.82. The Morgan fingerprint density at radius 2 is 1.46 bits per heavy atom. The number of benzene rings is 3. The van der Waals surface area contributed by atoms with Gasteiger partial charge in [-0.05, 0) is 86.8 Å². The molecule has 0 bridgehead atoms. The highest BCUT2D eigenvalue weighted by Gasteiger charge is 2.54. The molecule has 1 unspecified atom stereocenters. The standard InChI is InChI=1S/C50H68N7O8PSi/c1-33(2)46(58)55-48-52-30-41-45(54-48)56(32-53-41)47-44(65-67(12,13)49(7,8)9)43(64-66(62-29-17-28-51)57(34(3)4)35(5)6)42(63-47)31-61-50(36-18-15-14-16-19-36,37-20-24-39(59-10)25-21-37)38-22-26-40(60-11)27-23-38/h14-16,18-27,30,32-35,42-44,47H,17,29,31H2,1-13H3,(H,52,54,55,58)/t42-,43-,44-,47-,66?/m1/s1. The zero-order valence-corrected chi connectivity index (χ0v) is 43.1.